The van der Waals surface area contributed by atoms with Gasteiger partial charge in [0.05, 0.1) is 19.1 Å². The average Bonchev–Trinajstić information content (AvgIpc) is 1.86. The first-order valence-corrected chi connectivity index (χ1v) is 2.85. The van der Waals surface area contributed by atoms with Crippen molar-refractivity contribution in [2.24, 2.45) is 0 Å². The molecular weight excluding hydrogens is 134 g/mol. The molecule has 0 aromatic rings. The molecule has 0 aromatic carbocycles. The van der Waals surface area contributed by atoms with Crippen molar-refractivity contribution in [1.29, 1.82) is 5.26 Å². The summed E-state index contributed by atoms with van der Waals surface area (Å²) in [5.74, 6) is -0.477. The van der Waals surface area contributed by atoms with Crippen LogP contribution in [-0.2, 0) is 9.53 Å². The first-order chi connectivity index (χ1) is 4.70. The highest BCUT2D eigenvalue weighted by molar-refractivity contribution is 5.66. The van der Waals surface area contributed by atoms with Gasteiger partial charge in [-0.3, -0.25) is 4.79 Å². The van der Waals surface area contributed by atoms with Crippen molar-refractivity contribution in [2.75, 3.05) is 6.61 Å². The van der Waals surface area contributed by atoms with Crippen molar-refractivity contribution in [3.8, 4) is 6.07 Å². The quantitative estimate of drug-likeness (QED) is 0.556. The van der Waals surface area contributed by atoms with Gasteiger partial charge in [0, 0.05) is 6.92 Å². The van der Waals surface area contributed by atoms with Crippen LogP contribution >= 0.6 is 0 Å². The van der Waals surface area contributed by atoms with E-state index in [9.17, 15) is 4.79 Å². The number of nitriles is 1. The van der Waals surface area contributed by atoms with Crippen molar-refractivity contribution in [2.45, 2.75) is 19.4 Å². The molecule has 0 heterocycles. The standard InChI is InChI=1S/C6H9NO3/c1-5(9)10-6(4-8)2-3-7/h6,8H,2,4H2,1H3. The van der Waals surface area contributed by atoms with E-state index in [0.29, 0.717) is 0 Å². The van der Waals surface area contributed by atoms with E-state index in [4.69, 9.17) is 10.4 Å². The molecule has 0 aliphatic heterocycles. The lowest BCUT2D eigenvalue weighted by Gasteiger charge is -2.08. The minimum Gasteiger partial charge on any atom is -0.459 e. The maximum Gasteiger partial charge on any atom is 0.303 e. The molecule has 0 saturated heterocycles. The van der Waals surface area contributed by atoms with Crippen LogP contribution in [0.5, 0.6) is 0 Å². The maximum atomic E-state index is 10.2. The maximum absolute atomic E-state index is 10.2. The van der Waals surface area contributed by atoms with Crippen LogP contribution in [0.1, 0.15) is 13.3 Å². The van der Waals surface area contributed by atoms with Crippen LogP contribution in [0.25, 0.3) is 0 Å². The van der Waals surface area contributed by atoms with Crippen molar-refractivity contribution < 1.29 is 14.6 Å². The molecule has 0 aromatic heterocycles. The van der Waals surface area contributed by atoms with E-state index in [0.717, 1.165) is 0 Å². The molecule has 0 aliphatic carbocycles. The Morgan fingerprint density at radius 2 is 2.50 bits per heavy atom. The first kappa shape index (κ1) is 8.92. The SMILES string of the molecule is CC(=O)OC(CO)CC#N. The summed E-state index contributed by atoms with van der Waals surface area (Å²) in [6.45, 7) is 0.938. The molecule has 0 rings (SSSR count). The number of hydrogen-bond donors (Lipinski definition) is 1. The number of ether oxygens (including phenoxy) is 1. The van der Waals surface area contributed by atoms with Gasteiger partial charge in [-0.1, -0.05) is 0 Å². The van der Waals surface area contributed by atoms with Gasteiger partial charge in [-0.05, 0) is 0 Å². The first-order valence-electron chi connectivity index (χ1n) is 2.85. The minimum absolute atomic E-state index is 0.0378. The molecule has 0 aliphatic rings. The Bertz CT molecular complexity index is 150. The molecule has 4 nitrogen and oxygen atoms in total. The van der Waals surface area contributed by atoms with Crippen LogP contribution in [0.4, 0.5) is 0 Å². The predicted molar refractivity (Wildman–Crippen MR) is 32.9 cm³/mol. The average molecular weight is 143 g/mol. The fraction of sp³-hybridized carbons (Fsp3) is 0.667. The number of carbonyl (C=O) groups excluding carboxylic acids is 1. The summed E-state index contributed by atoms with van der Waals surface area (Å²) in [5, 5.41) is 16.6. The normalized spacial score (nSPS) is 11.7. The minimum atomic E-state index is -0.664. The van der Waals surface area contributed by atoms with Crippen LogP contribution in [0.3, 0.4) is 0 Å². The van der Waals surface area contributed by atoms with Gasteiger partial charge in [0.2, 0.25) is 0 Å². The van der Waals surface area contributed by atoms with Crippen LogP contribution in [0, 0.1) is 11.3 Å². The van der Waals surface area contributed by atoms with Crippen molar-refractivity contribution in [3.05, 3.63) is 0 Å². The highest BCUT2D eigenvalue weighted by Crippen LogP contribution is 1.95. The monoisotopic (exact) mass is 143 g/mol. The molecule has 4 heteroatoms. The summed E-state index contributed by atoms with van der Waals surface area (Å²) in [5.41, 5.74) is 0. The fourth-order valence-electron chi connectivity index (χ4n) is 0.480. The third-order valence-electron chi connectivity index (χ3n) is 0.855. The highest BCUT2D eigenvalue weighted by atomic mass is 16.5. The summed E-state index contributed by atoms with van der Waals surface area (Å²) in [6.07, 6.45) is -0.627. The third-order valence-corrected chi connectivity index (χ3v) is 0.855. The van der Waals surface area contributed by atoms with Crippen LogP contribution in [-0.4, -0.2) is 23.8 Å². The van der Waals surface area contributed by atoms with E-state index in [2.05, 4.69) is 4.74 Å². The lowest BCUT2D eigenvalue weighted by Crippen LogP contribution is -2.19. The molecule has 10 heavy (non-hydrogen) atoms. The number of nitrogens with zero attached hydrogens (tertiary/aromatic N) is 1. The van der Waals surface area contributed by atoms with Crippen LogP contribution in [0.2, 0.25) is 0 Å². The second-order valence-electron chi connectivity index (χ2n) is 1.78. The van der Waals surface area contributed by atoms with E-state index < -0.39 is 12.1 Å². The fourth-order valence-corrected chi connectivity index (χ4v) is 0.480. The van der Waals surface area contributed by atoms with E-state index in [1.165, 1.54) is 6.92 Å². The molecule has 1 N–H and O–H groups in total. The molecule has 0 amide bonds. The van der Waals surface area contributed by atoms with Crippen molar-refractivity contribution >= 4 is 5.97 Å². The van der Waals surface area contributed by atoms with Gasteiger partial charge in [0.1, 0.15) is 6.10 Å². The third kappa shape index (κ3) is 3.87. The van der Waals surface area contributed by atoms with E-state index in [1.807, 2.05) is 0 Å². The van der Waals surface area contributed by atoms with Crippen molar-refractivity contribution in [1.82, 2.24) is 0 Å². The van der Waals surface area contributed by atoms with Gasteiger partial charge in [-0.2, -0.15) is 5.26 Å². The zero-order valence-electron chi connectivity index (χ0n) is 5.70. The lowest BCUT2D eigenvalue weighted by atomic mass is 10.3. The Kier molecular flexibility index (Phi) is 4.25. The van der Waals surface area contributed by atoms with E-state index in [-0.39, 0.29) is 13.0 Å². The summed E-state index contributed by atoms with van der Waals surface area (Å²) in [4.78, 5) is 10.2. The number of aliphatic hydroxyl groups excluding tert-OH is 1. The van der Waals surface area contributed by atoms with Crippen LogP contribution < -0.4 is 0 Å². The Hall–Kier alpha value is -1.08. The number of rotatable bonds is 3. The molecule has 1 atom stereocenters. The van der Waals surface area contributed by atoms with E-state index >= 15 is 0 Å². The zero-order valence-corrected chi connectivity index (χ0v) is 5.70. The molecule has 0 bridgehead atoms. The van der Waals surface area contributed by atoms with E-state index in [1.54, 1.807) is 6.07 Å². The van der Waals surface area contributed by atoms with Gasteiger partial charge in [-0.15, -0.1) is 0 Å². The zero-order chi connectivity index (χ0) is 7.98. The number of aliphatic hydroxyl groups is 1. The molecular formula is C6H9NO3. The summed E-state index contributed by atoms with van der Waals surface area (Å²) in [6, 6.07) is 1.79. The largest absolute Gasteiger partial charge is 0.459 e. The highest BCUT2D eigenvalue weighted by Gasteiger charge is 2.08. The van der Waals surface area contributed by atoms with Gasteiger partial charge < -0.3 is 9.84 Å². The topological polar surface area (TPSA) is 70.3 Å². The Morgan fingerprint density at radius 3 is 2.80 bits per heavy atom. The Balaban J connectivity index is 3.62. The second kappa shape index (κ2) is 4.77. The smallest absolute Gasteiger partial charge is 0.303 e. The second-order valence-corrected chi connectivity index (χ2v) is 1.78. The molecule has 0 spiro atoms. The molecule has 0 saturated carbocycles. The lowest BCUT2D eigenvalue weighted by molar-refractivity contribution is -0.147. The summed E-state index contributed by atoms with van der Waals surface area (Å²) in [7, 11) is 0. The molecule has 0 radical (unpaired) electrons. The van der Waals surface area contributed by atoms with Gasteiger partial charge in [-0.25, -0.2) is 0 Å². The molecule has 0 fully saturated rings. The summed E-state index contributed by atoms with van der Waals surface area (Å²) >= 11 is 0. The number of carbonyl (C=O) groups is 1. The van der Waals surface area contributed by atoms with Crippen LogP contribution in [0.15, 0.2) is 0 Å². The van der Waals surface area contributed by atoms with Crippen molar-refractivity contribution in [3.63, 3.8) is 0 Å². The number of hydrogen-bond acceptors (Lipinski definition) is 4. The molecule has 56 valence electrons. The van der Waals surface area contributed by atoms with Gasteiger partial charge >= 0.3 is 5.97 Å². The summed E-state index contributed by atoms with van der Waals surface area (Å²) < 4.78 is 4.53. The molecule has 1 unspecified atom stereocenters. The van der Waals surface area contributed by atoms with Gasteiger partial charge in [0.15, 0.2) is 0 Å². The Labute approximate surface area is 59.0 Å². The number of esters is 1. The Morgan fingerprint density at radius 1 is 1.90 bits per heavy atom. The van der Waals surface area contributed by atoms with Gasteiger partial charge in [0.25, 0.3) is 0 Å². The predicted octanol–water partition coefficient (Wildman–Crippen LogP) is -0.176.